The average molecular weight is 352 g/mol. The van der Waals surface area contributed by atoms with Crippen molar-refractivity contribution in [1.82, 2.24) is 0 Å². The number of nitrogens with one attached hydrogen (secondary N) is 1. The molecule has 0 fully saturated rings. The van der Waals surface area contributed by atoms with E-state index in [0.29, 0.717) is 0 Å². The molecule has 27 heavy (non-hydrogen) atoms. The molecule has 0 radical (unpaired) electrons. The van der Waals surface area contributed by atoms with Gasteiger partial charge >= 0.3 is 0 Å². The molecule has 0 bridgehead atoms. The van der Waals surface area contributed by atoms with E-state index in [1.807, 2.05) is 12.1 Å². The summed E-state index contributed by atoms with van der Waals surface area (Å²) in [6.07, 6.45) is 3.75. The van der Waals surface area contributed by atoms with Crippen molar-refractivity contribution in [3.63, 3.8) is 0 Å². The number of anilines is 1. The van der Waals surface area contributed by atoms with E-state index in [2.05, 4.69) is 86.6 Å². The number of fused-ring (bicyclic) bond motifs is 1. The van der Waals surface area contributed by atoms with Crippen molar-refractivity contribution in [3.8, 4) is 11.1 Å². The molecule has 3 aromatic carbocycles. The summed E-state index contributed by atoms with van der Waals surface area (Å²) in [5.41, 5.74) is 9.77. The molecule has 1 aliphatic carbocycles. The van der Waals surface area contributed by atoms with Gasteiger partial charge in [-0.05, 0) is 52.4 Å². The third-order valence-corrected chi connectivity index (χ3v) is 5.42. The number of hydrogen-bond acceptors (Lipinski definition) is 2. The van der Waals surface area contributed by atoms with E-state index in [4.69, 9.17) is 5.41 Å². The maximum atomic E-state index is 7.86. The molecule has 1 unspecified atom stereocenters. The summed E-state index contributed by atoms with van der Waals surface area (Å²) in [5.74, 6) is 0.256. The fourth-order valence-corrected chi connectivity index (χ4v) is 4.07. The lowest BCUT2D eigenvalue weighted by atomic mass is 9.83. The zero-order valence-electron chi connectivity index (χ0n) is 16.0. The van der Waals surface area contributed by atoms with Gasteiger partial charge < -0.3 is 10.3 Å². The molecule has 0 saturated carbocycles. The number of hydrogen-bond donors (Lipinski definition) is 1. The van der Waals surface area contributed by atoms with Crippen molar-refractivity contribution in [2.75, 3.05) is 19.0 Å². The number of allylic oxidation sites excluding steroid dienone is 1. The second-order valence-corrected chi connectivity index (χ2v) is 7.35. The molecule has 4 rings (SSSR count). The van der Waals surface area contributed by atoms with Crippen LogP contribution >= 0.6 is 0 Å². The lowest BCUT2D eigenvalue weighted by Crippen LogP contribution is -2.10. The summed E-state index contributed by atoms with van der Waals surface area (Å²) >= 11 is 0. The second-order valence-electron chi connectivity index (χ2n) is 7.35. The summed E-state index contributed by atoms with van der Waals surface area (Å²) in [4.78, 5) is 2.13. The number of rotatable bonds is 4. The summed E-state index contributed by atoms with van der Waals surface area (Å²) in [6, 6.07) is 23.6. The van der Waals surface area contributed by atoms with Crippen LogP contribution in [0.4, 0.5) is 5.69 Å². The monoisotopic (exact) mass is 352 g/mol. The van der Waals surface area contributed by atoms with E-state index in [1.54, 1.807) is 0 Å². The van der Waals surface area contributed by atoms with Crippen LogP contribution in [0.2, 0.25) is 0 Å². The third kappa shape index (κ3) is 2.97. The zero-order chi connectivity index (χ0) is 19.0. The van der Waals surface area contributed by atoms with Crippen LogP contribution in [0.15, 0.2) is 72.3 Å². The standard InChI is InChI=1S/C25H24N2/c1-17-14-18-8-4-7-11-22(18)25(17)23-13-12-20(27(2)3)15-24(23)21-10-6-5-9-19(21)16-26/h4-16,25-26H,1-3H3. The van der Waals surface area contributed by atoms with Gasteiger partial charge in [0.1, 0.15) is 0 Å². The lowest BCUT2D eigenvalue weighted by Gasteiger charge is -2.23. The molecule has 1 atom stereocenters. The first kappa shape index (κ1) is 17.3. The highest BCUT2D eigenvalue weighted by Gasteiger charge is 2.26. The second kappa shape index (κ2) is 6.88. The highest BCUT2D eigenvalue weighted by atomic mass is 15.1. The van der Waals surface area contributed by atoms with Crippen LogP contribution in [-0.2, 0) is 0 Å². The van der Waals surface area contributed by atoms with Crippen molar-refractivity contribution < 1.29 is 0 Å². The molecule has 0 spiro atoms. The van der Waals surface area contributed by atoms with Crippen molar-refractivity contribution >= 4 is 18.0 Å². The Morgan fingerprint density at radius 3 is 2.37 bits per heavy atom. The van der Waals surface area contributed by atoms with Gasteiger partial charge in [-0.3, -0.25) is 0 Å². The molecule has 1 N–H and O–H groups in total. The zero-order valence-corrected chi connectivity index (χ0v) is 16.0. The fourth-order valence-electron chi connectivity index (χ4n) is 4.07. The van der Waals surface area contributed by atoms with Crippen LogP contribution in [0.3, 0.4) is 0 Å². The predicted molar refractivity (Wildman–Crippen MR) is 116 cm³/mol. The molecular weight excluding hydrogens is 328 g/mol. The molecule has 0 amide bonds. The Bertz CT molecular complexity index is 1040. The van der Waals surface area contributed by atoms with Crippen molar-refractivity contribution in [2.24, 2.45) is 0 Å². The predicted octanol–water partition coefficient (Wildman–Crippen LogP) is 5.97. The van der Waals surface area contributed by atoms with E-state index < -0.39 is 0 Å². The Morgan fingerprint density at radius 1 is 0.852 bits per heavy atom. The maximum absolute atomic E-state index is 7.86. The molecule has 2 nitrogen and oxygen atoms in total. The fraction of sp³-hybridized carbons (Fsp3) is 0.160. The minimum atomic E-state index is 0.256. The van der Waals surface area contributed by atoms with Gasteiger partial charge in [0.15, 0.2) is 0 Å². The quantitative estimate of drug-likeness (QED) is 0.576. The highest BCUT2D eigenvalue weighted by Crippen LogP contribution is 2.45. The summed E-state index contributed by atoms with van der Waals surface area (Å²) in [7, 11) is 4.13. The summed E-state index contributed by atoms with van der Waals surface area (Å²) in [5, 5.41) is 7.86. The Morgan fingerprint density at radius 2 is 1.59 bits per heavy atom. The number of nitrogens with zero attached hydrogens (tertiary/aromatic N) is 1. The molecule has 0 aromatic heterocycles. The SMILES string of the molecule is CC1=Cc2ccccc2C1c1ccc(N(C)C)cc1-c1ccccc1C=N. The molecule has 0 aliphatic heterocycles. The van der Waals surface area contributed by atoms with Gasteiger partial charge in [0.05, 0.1) is 0 Å². The van der Waals surface area contributed by atoms with E-state index in [9.17, 15) is 0 Å². The third-order valence-electron chi connectivity index (χ3n) is 5.42. The molecule has 0 heterocycles. The Labute approximate surface area is 161 Å². The van der Waals surface area contributed by atoms with Crippen LogP contribution in [0, 0.1) is 5.41 Å². The van der Waals surface area contributed by atoms with Crippen LogP contribution in [0.25, 0.3) is 17.2 Å². The van der Waals surface area contributed by atoms with Gasteiger partial charge in [-0.1, -0.05) is 66.2 Å². The molecule has 134 valence electrons. The van der Waals surface area contributed by atoms with Crippen LogP contribution in [0.5, 0.6) is 0 Å². The molecule has 1 aliphatic rings. The largest absolute Gasteiger partial charge is 0.378 e. The van der Waals surface area contributed by atoms with E-state index in [-0.39, 0.29) is 5.92 Å². The van der Waals surface area contributed by atoms with Crippen LogP contribution < -0.4 is 4.90 Å². The van der Waals surface area contributed by atoms with E-state index >= 15 is 0 Å². The molecule has 2 heteroatoms. The lowest BCUT2D eigenvalue weighted by molar-refractivity contribution is 0.977. The minimum absolute atomic E-state index is 0.256. The van der Waals surface area contributed by atoms with Crippen LogP contribution in [-0.4, -0.2) is 20.3 Å². The maximum Gasteiger partial charge on any atom is 0.0367 e. The highest BCUT2D eigenvalue weighted by molar-refractivity contribution is 5.91. The molecule has 3 aromatic rings. The van der Waals surface area contributed by atoms with E-state index in [0.717, 1.165) is 11.1 Å². The molecule has 0 saturated heterocycles. The van der Waals surface area contributed by atoms with Crippen molar-refractivity contribution in [3.05, 3.63) is 94.6 Å². The van der Waals surface area contributed by atoms with Gasteiger partial charge in [0.2, 0.25) is 0 Å². The molecular formula is C25H24N2. The van der Waals surface area contributed by atoms with Gasteiger partial charge in [-0.25, -0.2) is 0 Å². The summed E-state index contributed by atoms with van der Waals surface area (Å²) in [6.45, 7) is 2.22. The Kier molecular flexibility index (Phi) is 4.41. The number of benzene rings is 3. The topological polar surface area (TPSA) is 27.1 Å². The van der Waals surface area contributed by atoms with Gasteiger partial charge in [0, 0.05) is 31.9 Å². The van der Waals surface area contributed by atoms with Crippen LogP contribution in [0.1, 0.15) is 35.1 Å². The van der Waals surface area contributed by atoms with Crippen molar-refractivity contribution in [1.29, 1.82) is 5.41 Å². The normalized spacial score (nSPS) is 15.2. The first-order valence-corrected chi connectivity index (χ1v) is 9.28. The average Bonchev–Trinajstić information content (AvgIpc) is 3.03. The van der Waals surface area contributed by atoms with Gasteiger partial charge in [-0.2, -0.15) is 0 Å². The van der Waals surface area contributed by atoms with Gasteiger partial charge in [-0.15, -0.1) is 0 Å². The smallest absolute Gasteiger partial charge is 0.0367 e. The van der Waals surface area contributed by atoms with Crippen molar-refractivity contribution in [2.45, 2.75) is 12.8 Å². The first-order chi connectivity index (χ1) is 13.1. The first-order valence-electron chi connectivity index (χ1n) is 9.28. The Hall–Kier alpha value is -3.13. The summed E-state index contributed by atoms with van der Waals surface area (Å²) < 4.78 is 0. The van der Waals surface area contributed by atoms with E-state index in [1.165, 1.54) is 39.7 Å². The minimum Gasteiger partial charge on any atom is -0.378 e. The van der Waals surface area contributed by atoms with Gasteiger partial charge in [0.25, 0.3) is 0 Å². The Balaban J connectivity index is 1.97.